The van der Waals surface area contributed by atoms with Crippen molar-refractivity contribution in [3.8, 4) is 5.75 Å². The molecule has 1 aliphatic rings. The number of anilines is 2. The summed E-state index contributed by atoms with van der Waals surface area (Å²) in [4.78, 5) is 17.1. The largest absolute Gasteiger partial charge is 0.482 e. The van der Waals surface area contributed by atoms with Gasteiger partial charge in [-0.1, -0.05) is 42.3 Å². The maximum absolute atomic E-state index is 12.4. The van der Waals surface area contributed by atoms with Gasteiger partial charge < -0.3 is 19.9 Å². The molecule has 0 aromatic heterocycles. The van der Waals surface area contributed by atoms with Crippen molar-refractivity contribution < 1.29 is 9.53 Å². The molecule has 5 nitrogen and oxygen atoms in total. The van der Waals surface area contributed by atoms with Crippen molar-refractivity contribution in [1.82, 2.24) is 4.90 Å². The predicted octanol–water partition coefficient (Wildman–Crippen LogP) is 4.15. The van der Waals surface area contributed by atoms with Gasteiger partial charge in [-0.25, -0.2) is 0 Å². The number of para-hydroxylation sites is 1. The standard InChI is InChI=1S/C20H23Cl2N3O2/c1-2-24-9-11-25(12-10-24)18-8-7-15(21)13-17(18)23-20(26)14-27-19-6-4-3-5-16(19)22/h3-8,13H,2,9-12,14H2,1H3,(H,23,26). The van der Waals surface area contributed by atoms with Gasteiger partial charge in [0.05, 0.1) is 16.4 Å². The molecule has 144 valence electrons. The van der Waals surface area contributed by atoms with Crippen molar-refractivity contribution >= 4 is 40.5 Å². The maximum atomic E-state index is 12.4. The van der Waals surface area contributed by atoms with Gasteiger partial charge in [0.2, 0.25) is 0 Å². The van der Waals surface area contributed by atoms with Crippen molar-refractivity contribution in [2.75, 3.05) is 49.5 Å². The van der Waals surface area contributed by atoms with Crippen LogP contribution in [0.15, 0.2) is 42.5 Å². The van der Waals surface area contributed by atoms with Crippen LogP contribution in [0, 0.1) is 0 Å². The van der Waals surface area contributed by atoms with Crippen LogP contribution < -0.4 is 15.0 Å². The summed E-state index contributed by atoms with van der Waals surface area (Å²) in [5.74, 6) is 0.224. The summed E-state index contributed by atoms with van der Waals surface area (Å²) in [7, 11) is 0. The summed E-state index contributed by atoms with van der Waals surface area (Å²) in [6.45, 7) is 6.92. The average molecular weight is 408 g/mol. The van der Waals surface area contributed by atoms with Gasteiger partial charge in [-0.3, -0.25) is 4.79 Å². The Bertz CT molecular complexity index is 793. The Kier molecular flexibility index (Phi) is 6.83. The zero-order valence-electron chi connectivity index (χ0n) is 15.3. The van der Waals surface area contributed by atoms with E-state index in [1.54, 1.807) is 18.2 Å². The number of nitrogens with zero attached hydrogens (tertiary/aromatic N) is 2. The van der Waals surface area contributed by atoms with Crippen LogP contribution in [0.25, 0.3) is 0 Å². The van der Waals surface area contributed by atoms with Gasteiger partial charge in [-0.05, 0) is 36.9 Å². The molecule has 2 aromatic carbocycles. The molecule has 0 unspecified atom stereocenters. The lowest BCUT2D eigenvalue weighted by Gasteiger charge is -2.36. The molecule has 1 aliphatic heterocycles. The summed E-state index contributed by atoms with van der Waals surface area (Å²) in [6.07, 6.45) is 0. The zero-order chi connectivity index (χ0) is 19.2. The summed E-state index contributed by atoms with van der Waals surface area (Å²) in [5.41, 5.74) is 1.67. The monoisotopic (exact) mass is 407 g/mol. The second-order valence-corrected chi connectivity index (χ2v) is 7.19. The molecule has 0 saturated carbocycles. The minimum Gasteiger partial charge on any atom is -0.482 e. The van der Waals surface area contributed by atoms with Crippen LogP contribution >= 0.6 is 23.2 Å². The van der Waals surface area contributed by atoms with Crippen LogP contribution in [0.1, 0.15) is 6.92 Å². The Labute approximate surface area is 169 Å². The van der Waals surface area contributed by atoms with E-state index in [1.165, 1.54) is 0 Å². The topological polar surface area (TPSA) is 44.8 Å². The molecule has 0 aliphatic carbocycles. The lowest BCUT2D eigenvalue weighted by Crippen LogP contribution is -2.46. The van der Waals surface area contributed by atoms with Crippen LogP contribution in [0.3, 0.4) is 0 Å². The predicted molar refractivity (Wildman–Crippen MR) is 111 cm³/mol. The van der Waals surface area contributed by atoms with Crippen molar-refractivity contribution in [3.63, 3.8) is 0 Å². The van der Waals surface area contributed by atoms with Gasteiger partial charge in [0.15, 0.2) is 6.61 Å². The second-order valence-electron chi connectivity index (χ2n) is 6.35. The number of halogens is 2. The summed E-state index contributed by atoms with van der Waals surface area (Å²) >= 11 is 12.2. The van der Waals surface area contributed by atoms with Crippen molar-refractivity contribution in [3.05, 3.63) is 52.5 Å². The fraction of sp³-hybridized carbons (Fsp3) is 0.350. The minimum atomic E-state index is -0.259. The number of benzene rings is 2. The average Bonchev–Trinajstić information content (AvgIpc) is 2.68. The van der Waals surface area contributed by atoms with Crippen LogP contribution in [0.4, 0.5) is 11.4 Å². The molecule has 27 heavy (non-hydrogen) atoms. The molecule has 0 radical (unpaired) electrons. The van der Waals surface area contributed by atoms with Crippen molar-refractivity contribution in [2.24, 2.45) is 0 Å². The summed E-state index contributed by atoms with van der Waals surface area (Å²) in [5, 5.41) is 3.97. The van der Waals surface area contributed by atoms with E-state index in [1.807, 2.05) is 24.3 Å². The summed E-state index contributed by atoms with van der Waals surface area (Å²) < 4.78 is 5.52. The van der Waals surface area contributed by atoms with E-state index >= 15 is 0 Å². The molecule has 0 atom stereocenters. The van der Waals surface area contributed by atoms with E-state index in [4.69, 9.17) is 27.9 Å². The van der Waals surface area contributed by atoms with E-state index in [0.29, 0.717) is 21.5 Å². The van der Waals surface area contributed by atoms with Gasteiger partial charge in [-0.15, -0.1) is 0 Å². The molecular formula is C20H23Cl2N3O2. The lowest BCUT2D eigenvalue weighted by molar-refractivity contribution is -0.118. The Morgan fingerprint density at radius 3 is 2.56 bits per heavy atom. The van der Waals surface area contributed by atoms with Gasteiger partial charge in [-0.2, -0.15) is 0 Å². The van der Waals surface area contributed by atoms with Gasteiger partial charge in [0.1, 0.15) is 5.75 Å². The summed E-state index contributed by atoms with van der Waals surface area (Å²) in [6, 6.07) is 12.6. The number of likely N-dealkylation sites (N-methyl/N-ethyl adjacent to an activating group) is 1. The first-order valence-corrected chi connectivity index (χ1v) is 9.76. The number of hydrogen-bond donors (Lipinski definition) is 1. The maximum Gasteiger partial charge on any atom is 0.262 e. The number of hydrogen-bond acceptors (Lipinski definition) is 4. The first kappa shape index (κ1) is 19.8. The number of nitrogens with one attached hydrogen (secondary N) is 1. The van der Waals surface area contributed by atoms with Crippen LogP contribution in [-0.2, 0) is 4.79 Å². The number of amides is 1. The first-order chi connectivity index (χ1) is 13.1. The highest BCUT2D eigenvalue weighted by Gasteiger charge is 2.19. The van der Waals surface area contributed by atoms with E-state index in [0.717, 1.165) is 38.4 Å². The number of rotatable bonds is 6. The zero-order valence-corrected chi connectivity index (χ0v) is 16.8. The fourth-order valence-electron chi connectivity index (χ4n) is 3.08. The van der Waals surface area contributed by atoms with Crippen LogP contribution in [0.5, 0.6) is 5.75 Å². The third kappa shape index (κ3) is 5.28. The molecule has 1 amide bonds. The van der Waals surface area contributed by atoms with Gasteiger partial charge >= 0.3 is 0 Å². The Balaban J connectivity index is 1.66. The number of piperazine rings is 1. The van der Waals surface area contributed by atoms with Gasteiger partial charge in [0, 0.05) is 31.2 Å². The first-order valence-electron chi connectivity index (χ1n) is 9.01. The van der Waals surface area contributed by atoms with Gasteiger partial charge in [0.25, 0.3) is 5.91 Å². The third-order valence-electron chi connectivity index (χ3n) is 4.59. The van der Waals surface area contributed by atoms with Crippen molar-refractivity contribution in [1.29, 1.82) is 0 Å². The molecule has 2 aromatic rings. The second kappa shape index (κ2) is 9.31. The van der Waals surface area contributed by atoms with E-state index < -0.39 is 0 Å². The van der Waals surface area contributed by atoms with E-state index in [-0.39, 0.29) is 12.5 Å². The number of carbonyl (C=O) groups excluding carboxylic acids is 1. The molecule has 7 heteroatoms. The molecule has 0 bridgehead atoms. The number of carbonyl (C=O) groups is 1. The molecule has 3 rings (SSSR count). The smallest absolute Gasteiger partial charge is 0.262 e. The quantitative estimate of drug-likeness (QED) is 0.780. The molecule has 1 N–H and O–H groups in total. The van der Waals surface area contributed by atoms with E-state index in [9.17, 15) is 4.79 Å². The van der Waals surface area contributed by atoms with E-state index in [2.05, 4.69) is 22.0 Å². The highest BCUT2D eigenvalue weighted by molar-refractivity contribution is 6.32. The van der Waals surface area contributed by atoms with Crippen LogP contribution in [0.2, 0.25) is 10.0 Å². The lowest BCUT2D eigenvalue weighted by atomic mass is 10.2. The molecule has 1 fully saturated rings. The molecule has 1 saturated heterocycles. The normalized spacial score (nSPS) is 14.9. The highest BCUT2D eigenvalue weighted by Crippen LogP contribution is 2.30. The molecule has 0 spiro atoms. The minimum absolute atomic E-state index is 0.126. The Hall–Kier alpha value is -1.95. The van der Waals surface area contributed by atoms with Crippen molar-refractivity contribution in [2.45, 2.75) is 6.92 Å². The molecule has 1 heterocycles. The SMILES string of the molecule is CCN1CCN(c2ccc(Cl)cc2NC(=O)COc2ccccc2Cl)CC1. The fourth-order valence-corrected chi connectivity index (χ4v) is 3.44. The van der Waals surface area contributed by atoms with Crippen LogP contribution in [-0.4, -0.2) is 50.1 Å². The molecular weight excluding hydrogens is 385 g/mol. The third-order valence-corrected chi connectivity index (χ3v) is 5.14. The Morgan fingerprint density at radius 2 is 1.85 bits per heavy atom. The highest BCUT2D eigenvalue weighted by atomic mass is 35.5. The Morgan fingerprint density at radius 1 is 1.11 bits per heavy atom. The number of ether oxygens (including phenoxy) is 1.